The maximum atomic E-state index is 11.6. The van der Waals surface area contributed by atoms with Crippen molar-refractivity contribution in [2.45, 2.75) is 18.9 Å². The molecule has 1 aliphatic heterocycles. The third-order valence-electron chi connectivity index (χ3n) is 2.58. The second-order valence-corrected chi connectivity index (χ2v) is 3.85. The Bertz CT molecular complexity index is 372. The van der Waals surface area contributed by atoms with Crippen LogP contribution in [0.2, 0.25) is 0 Å². The molecule has 0 bridgehead atoms. The molecular formula is C12H15NO3. The Morgan fingerprint density at radius 2 is 2.31 bits per heavy atom. The summed E-state index contributed by atoms with van der Waals surface area (Å²) in [6.07, 6.45) is 0.927. The van der Waals surface area contributed by atoms with Crippen LogP contribution in [0.15, 0.2) is 24.3 Å². The van der Waals surface area contributed by atoms with Crippen LogP contribution < -0.4 is 5.73 Å². The molecule has 4 heteroatoms. The number of esters is 1. The van der Waals surface area contributed by atoms with Gasteiger partial charge in [0, 0.05) is 12.1 Å². The van der Waals surface area contributed by atoms with Crippen molar-refractivity contribution < 1.29 is 14.3 Å². The summed E-state index contributed by atoms with van der Waals surface area (Å²) in [5.41, 5.74) is 7.18. The van der Waals surface area contributed by atoms with E-state index in [9.17, 15) is 4.79 Å². The van der Waals surface area contributed by atoms with Crippen molar-refractivity contribution in [2.24, 2.45) is 0 Å². The van der Waals surface area contributed by atoms with Crippen LogP contribution in [0, 0.1) is 0 Å². The van der Waals surface area contributed by atoms with Crippen LogP contribution in [0.25, 0.3) is 0 Å². The van der Waals surface area contributed by atoms with Gasteiger partial charge in [-0.25, -0.2) is 0 Å². The molecule has 2 rings (SSSR count). The van der Waals surface area contributed by atoms with Gasteiger partial charge in [0.05, 0.1) is 19.6 Å². The predicted octanol–water partition coefficient (Wildman–Crippen LogP) is 1.14. The van der Waals surface area contributed by atoms with Gasteiger partial charge in [-0.15, -0.1) is 0 Å². The van der Waals surface area contributed by atoms with Gasteiger partial charge >= 0.3 is 5.97 Å². The van der Waals surface area contributed by atoms with E-state index in [0.29, 0.717) is 18.9 Å². The lowest BCUT2D eigenvalue weighted by atomic mass is 10.1. The smallest absolute Gasteiger partial charge is 0.310 e. The van der Waals surface area contributed by atoms with Gasteiger partial charge < -0.3 is 15.2 Å². The van der Waals surface area contributed by atoms with Crippen molar-refractivity contribution in [2.75, 3.05) is 18.9 Å². The van der Waals surface area contributed by atoms with E-state index in [1.165, 1.54) is 0 Å². The van der Waals surface area contributed by atoms with Crippen molar-refractivity contribution in [3.8, 4) is 0 Å². The van der Waals surface area contributed by atoms with Crippen LogP contribution in [-0.4, -0.2) is 25.3 Å². The number of ether oxygens (including phenoxy) is 2. The fraction of sp³-hybridized carbons (Fsp3) is 0.417. The standard InChI is InChI=1S/C12H15NO3/c13-11-4-2-1-3-9(11)7-12(14)16-10-5-6-15-8-10/h1-4,10H,5-8,13H2. The van der Waals surface area contributed by atoms with E-state index in [1.807, 2.05) is 18.2 Å². The van der Waals surface area contributed by atoms with Crippen LogP contribution >= 0.6 is 0 Å². The van der Waals surface area contributed by atoms with Crippen molar-refractivity contribution in [3.63, 3.8) is 0 Å². The minimum Gasteiger partial charge on any atom is -0.460 e. The van der Waals surface area contributed by atoms with Gasteiger partial charge in [-0.3, -0.25) is 4.79 Å². The number of hydrogen-bond donors (Lipinski definition) is 1. The fourth-order valence-corrected chi connectivity index (χ4v) is 1.68. The molecule has 0 saturated carbocycles. The Morgan fingerprint density at radius 1 is 1.50 bits per heavy atom. The van der Waals surface area contributed by atoms with Gasteiger partial charge in [-0.1, -0.05) is 18.2 Å². The second kappa shape index (κ2) is 4.99. The zero-order valence-electron chi connectivity index (χ0n) is 9.02. The quantitative estimate of drug-likeness (QED) is 0.614. The summed E-state index contributed by atoms with van der Waals surface area (Å²) < 4.78 is 10.4. The summed E-state index contributed by atoms with van der Waals surface area (Å²) in [5, 5.41) is 0. The van der Waals surface area contributed by atoms with Crippen molar-refractivity contribution in [1.82, 2.24) is 0 Å². The summed E-state index contributed by atoms with van der Waals surface area (Å²) >= 11 is 0. The molecule has 1 heterocycles. The number of carbonyl (C=O) groups is 1. The summed E-state index contributed by atoms with van der Waals surface area (Å²) in [6.45, 7) is 1.18. The van der Waals surface area contributed by atoms with Gasteiger partial charge in [0.25, 0.3) is 0 Å². The first-order valence-electron chi connectivity index (χ1n) is 5.36. The van der Waals surface area contributed by atoms with Gasteiger partial charge in [0.15, 0.2) is 0 Å². The summed E-state index contributed by atoms with van der Waals surface area (Å²) in [5.74, 6) is -0.242. The average molecular weight is 221 g/mol. The number of hydrogen-bond acceptors (Lipinski definition) is 4. The molecule has 1 unspecified atom stereocenters. The van der Waals surface area contributed by atoms with Gasteiger partial charge in [0.1, 0.15) is 6.10 Å². The highest BCUT2D eigenvalue weighted by molar-refractivity contribution is 5.75. The molecule has 1 aromatic rings. The molecule has 1 atom stereocenters. The highest BCUT2D eigenvalue weighted by Gasteiger charge is 2.20. The lowest BCUT2D eigenvalue weighted by molar-refractivity contribution is -0.148. The molecule has 1 saturated heterocycles. The minimum atomic E-state index is -0.242. The molecule has 16 heavy (non-hydrogen) atoms. The van der Waals surface area contributed by atoms with E-state index in [4.69, 9.17) is 15.2 Å². The molecule has 4 nitrogen and oxygen atoms in total. The molecule has 0 aliphatic carbocycles. The SMILES string of the molecule is Nc1ccccc1CC(=O)OC1CCOC1. The maximum absolute atomic E-state index is 11.6. The first kappa shape index (κ1) is 11.0. The maximum Gasteiger partial charge on any atom is 0.310 e. The van der Waals surface area contributed by atoms with Crippen molar-refractivity contribution in [3.05, 3.63) is 29.8 Å². The monoisotopic (exact) mass is 221 g/mol. The number of carbonyl (C=O) groups excluding carboxylic acids is 1. The Hall–Kier alpha value is -1.55. The highest BCUT2D eigenvalue weighted by atomic mass is 16.6. The highest BCUT2D eigenvalue weighted by Crippen LogP contribution is 2.14. The van der Waals surface area contributed by atoms with Crippen LogP contribution in [0.5, 0.6) is 0 Å². The van der Waals surface area contributed by atoms with E-state index < -0.39 is 0 Å². The predicted molar refractivity (Wildman–Crippen MR) is 59.9 cm³/mol. The zero-order valence-corrected chi connectivity index (χ0v) is 9.02. The average Bonchev–Trinajstić information content (AvgIpc) is 2.74. The Kier molecular flexibility index (Phi) is 3.41. The normalized spacial score (nSPS) is 19.6. The summed E-state index contributed by atoms with van der Waals surface area (Å²) in [6, 6.07) is 7.32. The molecule has 0 spiro atoms. The zero-order chi connectivity index (χ0) is 11.4. The van der Waals surface area contributed by atoms with Crippen molar-refractivity contribution >= 4 is 11.7 Å². The van der Waals surface area contributed by atoms with E-state index in [0.717, 1.165) is 12.0 Å². The molecule has 0 radical (unpaired) electrons. The Morgan fingerprint density at radius 3 is 3.00 bits per heavy atom. The molecule has 1 aromatic carbocycles. The Labute approximate surface area is 94.3 Å². The molecular weight excluding hydrogens is 206 g/mol. The van der Waals surface area contributed by atoms with Crippen LogP contribution in [0.1, 0.15) is 12.0 Å². The number of anilines is 1. The first-order chi connectivity index (χ1) is 7.75. The summed E-state index contributed by atoms with van der Waals surface area (Å²) in [7, 11) is 0. The van der Waals surface area contributed by atoms with Gasteiger partial charge in [-0.05, 0) is 11.6 Å². The second-order valence-electron chi connectivity index (χ2n) is 3.85. The summed E-state index contributed by atoms with van der Waals surface area (Å²) in [4.78, 5) is 11.6. The molecule has 1 fully saturated rings. The molecule has 2 N–H and O–H groups in total. The molecule has 86 valence electrons. The molecule has 0 amide bonds. The molecule has 1 aliphatic rings. The van der Waals surface area contributed by atoms with E-state index in [2.05, 4.69) is 0 Å². The molecule has 0 aromatic heterocycles. The minimum absolute atomic E-state index is 0.0857. The van der Waals surface area contributed by atoms with E-state index >= 15 is 0 Å². The van der Waals surface area contributed by atoms with Gasteiger partial charge in [-0.2, -0.15) is 0 Å². The fourth-order valence-electron chi connectivity index (χ4n) is 1.68. The number of rotatable bonds is 3. The lowest BCUT2D eigenvalue weighted by Gasteiger charge is -2.10. The third-order valence-corrected chi connectivity index (χ3v) is 2.58. The number of benzene rings is 1. The van der Waals surface area contributed by atoms with Crippen molar-refractivity contribution in [1.29, 1.82) is 0 Å². The van der Waals surface area contributed by atoms with E-state index in [-0.39, 0.29) is 18.5 Å². The lowest BCUT2D eigenvalue weighted by Crippen LogP contribution is -2.19. The largest absolute Gasteiger partial charge is 0.460 e. The van der Waals surface area contributed by atoms with Crippen LogP contribution in [-0.2, 0) is 20.7 Å². The Balaban J connectivity index is 1.89. The number of nitrogen functional groups attached to an aromatic ring is 1. The number of nitrogens with two attached hydrogens (primary N) is 1. The first-order valence-corrected chi connectivity index (χ1v) is 5.36. The third kappa shape index (κ3) is 2.73. The van der Waals surface area contributed by atoms with E-state index in [1.54, 1.807) is 6.07 Å². The van der Waals surface area contributed by atoms with Crippen LogP contribution in [0.3, 0.4) is 0 Å². The number of para-hydroxylation sites is 1. The topological polar surface area (TPSA) is 61.6 Å². The van der Waals surface area contributed by atoms with Gasteiger partial charge in [0.2, 0.25) is 0 Å². The van der Waals surface area contributed by atoms with Crippen LogP contribution in [0.4, 0.5) is 5.69 Å².